The molecule has 0 aliphatic rings. The van der Waals surface area contributed by atoms with Crippen LogP contribution in [0.15, 0.2) is 23.7 Å². The summed E-state index contributed by atoms with van der Waals surface area (Å²) in [6.07, 6.45) is 1.81. The van der Waals surface area contributed by atoms with E-state index >= 15 is 0 Å². The van der Waals surface area contributed by atoms with Crippen molar-refractivity contribution in [3.8, 4) is 10.6 Å². The number of imidazole rings is 1. The van der Waals surface area contributed by atoms with Crippen LogP contribution in [0.25, 0.3) is 10.6 Å². The molecule has 1 N–H and O–H groups in total. The second kappa shape index (κ2) is 3.29. The fourth-order valence-corrected chi connectivity index (χ4v) is 1.81. The Morgan fingerprint density at radius 1 is 1.58 bits per heavy atom. The second-order valence-corrected chi connectivity index (χ2v) is 3.57. The maximum Gasteiger partial charge on any atom is 0.121 e. The van der Waals surface area contributed by atoms with Gasteiger partial charge in [-0.05, 0) is 11.4 Å². The second-order valence-electron chi connectivity index (χ2n) is 2.35. The van der Waals surface area contributed by atoms with Crippen LogP contribution in [0.3, 0.4) is 0 Å². The minimum atomic E-state index is 0.436. The minimum absolute atomic E-state index is 0.436. The number of rotatable bonds is 2. The first-order valence-electron chi connectivity index (χ1n) is 3.54. The number of thiophene rings is 1. The number of nitrogens with zero attached hydrogens (tertiary/aromatic N) is 1. The number of nitrogens with one attached hydrogen (secondary N) is 1. The van der Waals surface area contributed by atoms with Crippen LogP contribution in [-0.4, -0.2) is 9.97 Å². The van der Waals surface area contributed by atoms with Gasteiger partial charge in [-0.15, -0.1) is 22.9 Å². The van der Waals surface area contributed by atoms with Gasteiger partial charge in [0.2, 0.25) is 0 Å². The molecule has 2 aromatic heterocycles. The van der Waals surface area contributed by atoms with E-state index < -0.39 is 0 Å². The van der Waals surface area contributed by atoms with Crippen molar-refractivity contribution >= 4 is 22.9 Å². The van der Waals surface area contributed by atoms with Crippen LogP contribution in [0, 0.1) is 0 Å². The molecule has 0 radical (unpaired) electrons. The molecule has 2 aromatic rings. The van der Waals surface area contributed by atoms with E-state index in [1.165, 1.54) is 4.88 Å². The highest BCUT2D eigenvalue weighted by Crippen LogP contribution is 2.22. The standard InChI is InChI=1S/C8H7ClN2S/c9-4-8-10-5-6(11-8)7-2-1-3-12-7/h1-3,5H,4H2,(H,10,11). The van der Waals surface area contributed by atoms with E-state index in [0.717, 1.165) is 11.5 Å². The van der Waals surface area contributed by atoms with Crippen molar-refractivity contribution in [2.45, 2.75) is 5.88 Å². The monoisotopic (exact) mass is 198 g/mol. The van der Waals surface area contributed by atoms with Gasteiger partial charge in [-0.2, -0.15) is 0 Å². The van der Waals surface area contributed by atoms with E-state index in [1.54, 1.807) is 11.3 Å². The quantitative estimate of drug-likeness (QED) is 0.739. The van der Waals surface area contributed by atoms with Crippen molar-refractivity contribution in [2.75, 3.05) is 0 Å². The Morgan fingerprint density at radius 2 is 2.50 bits per heavy atom. The number of aromatic amines is 1. The topological polar surface area (TPSA) is 28.7 Å². The minimum Gasteiger partial charge on any atom is -0.340 e. The van der Waals surface area contributed by atoms with Gasteiger partial charge < -0.3 is 4.98 Å². The van der Waals surface area contributed by atoms with Gasteiger partial charge in [0.1, 0.15) is 5.82 Å². The molecular formula is C8H7ClN2S. The molecule has 0 bridgehead atoms. The first-order chi connectivity index (χ1) is 5.90. The maximum absolute atomic E-state index is 5.61. The first kappa shape index (κ1) is 7.83. The number of hydrogen-bond acceptors (Lipinski definition) is 2. The fraction of sp³-hybridized carbons (Fsp3) is 0.125. The zero-order valence-corrected chi connectivity index (χ0v) is 7.82. The Morgan fingerprint density at radius 3 is 3.08 bits per heavy atom. The Labute approximate surface area is 79.2 Å². The molecular weight excluding hydrogens is 192 g/mol. The third kappa shape index (κ3) is 1.38. The van der Waals surface area contributed by atoms with Crippen molar-refractivity contribution in [2.24, 2.45) is 0 Å². The average molecular weight is 199 g/mol. The largest absolute Gasteiger partial charge is 0.340 e. The molecule has 2 rings (SSSR count). The molecule has 2 nitrogen and oxygen atoms in total. The number of hydrogen-bond donors (Lipinski definition) is 1. The summed E-state index contributed by atoms with van der Waals surface area (Å²) in [6, 6.07) is 4.07. The molecule has 0 spiro atoms. The molecule has 0 fully saturated rings. The zero-order valence-electron chi connectivity index (χ0n) is 6.25. The fourth-order valence-electron chi connectivity index (χ4n) is 0.987. The Kier molecular flexibility index (Phi) is 2.15. The first-order valence-corrected chi connectivity index (χ1v) is 4.95. The molecule has 4 heteroatoms. The number of halogens is 1. The highest BCUT2D eigenvalue weighted by atomic mass is 35.5. The van der Waals surface area contributed by atoms with E-state index in [4.69, 9.17) is 11.6 Å². The van der Waals surface area contributed by atoms with Crippen LogP contribution >= 0.6 is 22.9 Å². The smallest absolute Gasteiger partial charge is 0.121 e. The lowest BCUT2D eigenvalue weighted by molar-refractivity contribution is 1.12. The summed E-state index contributed by atoms with van der Waals surface area (Å²) in [6.45, 7) is 0. The highest BCUT2D eigenvalue weighted by molar-refractivity contribution is 7.13. The average Bonchev–Trinajstić information content (AvgIpc) is 2.75. The van der Waals surface area contributed by atoms with Crippen molar-refractivity contribution in [3.63, 3.8) is 0 Å². The van der Waals surface area contributed by atoms with E-state index in [-0.39, 0.29) is 0 Å². The Hall–Kier alpha value is -0.800. The normalized spacial score (nSPS) is 10.4. The predicted molar refractivity (Wildman–Crippen MR) is 51.5 cm³/mol. The molecule has 0 atom stereocenters. The summed E-state index contributed by atoms with van der Waals surface area (Å²) in [5.74, 6) is 1.26. The van der Waals surface area contributed by atoms with Gasteiger partial charge in [0.05, 0.1) is 22.6 Å². The SMILES string of the molecule is ClCc1ncc(-c2cccs2)[nH]1. The van der Waals surface area contributed by atoms with Gasteiger partial charge in [0, 0.05) is 0 Å². The van der Waals surface area contributed by atoms with Crippen molar-refractivity contribution < 1.29 is 0 Å². The molecule has 0 aromatic carbocycles. The van der Waals surface area contributed by atoms with Gasteiger partial charge in [0.25, 0.3) is 0 Å². The van der Waals surface area contributed by atoms with Crippen LogP contribution < -0.4 is 0 Å². The van der Waals surface area contributed by atoms with E-state index in [1.807, 2.05) is 17.6 Å². The van der Waals surface area contributed by atoms with Gasteiger partial charge in [-0.1, -0.05) is 6.07 Å². The van der Waals surface area contributed by atoms with Gasteiger partial charge in [-0.25, -0.2) is 4.98 Å². The molecule has 2 heterocycles. The summed E-state index contributed by atoms with van der Waals surface area (Å²) in [4.78, 5) is 8.44. The molecule has 0 saturated carbocycles. The summed E-state index contributed by atoms with van der Waals surface area (Å²) < 4.78 is 0. The third-order valence-corrected chi connectivity index (χ3v) is 2.70. The van der Waals surface area contributed by atoms with Crippen LogP contribution in [0.2, 0.25) is 0 Å². The highest BCUT2D eigenvalue weighted by Gasteiger charge is 2.01. The molecule has 0 aliphatic carbocycles. The zero-order chi connectivity index (χ0) is 8.39. The lowest BCUT2D eigenvalue weighted by Gasteiger charge is -1.88. The third-order valence-electron chi connectivity index (χ3n) is 1.54. The van der Waals surface area contributed by atoms with Crippen molar-refractivity contribution in [1.82, 2.24) is 9.97 Å². The summed E-state index contributed by atoms with van der Waals surface area (Å²) in [7, 11) is 0. The Balaban J connectivity index is 2.35. The summed E-state index contributed by atoms with van der Waals surface area (Å²) >= 11 is 7.30. The number of aromatic nitrogens is 2. The molecule has 12 heavy (non-hydrogen) atoms. The molecule has 0 saturated heterocycles. The van der Waals surface area contributed by atoms with Gasteiger partial charge >= 0.3 is 0 Å². The van der Waals surface area contributed by atoms with Crippen molar-refractivity contribution in [3.05, 3.63) is 29.5 Å². The molecule has 0 aliphatic heterocycles. The summed E-state index contributed by atoms with van der Waals surface area (Å²) in [5.41, 5.74) is 1.04. The lowest BCUT2D eigenvalue weighted by atomic mass is 10.4. The predicted octanol–water partition coefficient (Wildman–Crippen LogP) is 2.88. The van der Waals surface area contributed by atoms with Crippen LogP contribution in [0.4, 0.5) is 0 Å². The van der Waals surface area contributed by atoms with Crippen LogP contribution in [-0.2, 0) is 5.88 Å². The molecule has 0 unspecified atom stereocenters. The van der Waals surface area contributed by atoms with Crippen LogP contribution in [0.1, 0.15) is 5.82 Å². The van der Waals surface area contributed by atoms with E-state index in [2.05, 4.69) is 16.0 Å². The van der Waals surface area contributed by atoms with Gasteiger partial charge in [-0.3, -0.25) is 0 Å². The van der Waals surface area contributed by atoms with Crippen LogP contribution in [0.5, 0.6) is 0 Å². The van der Waals surface area contributed by atoms with E-state index in [9.17, 15) is 0 Å². The van der Waals surface area contributed by atoms with Gasteiger partial charge in [0.15, 0.2) is 0 Å². The number of H-pyrrole nitrogens is 1. The summed E-state index contributed by atoms with van der Waals surface area (Å²) in [5, 5.41) is 2.04. The van der Waals surface area contributed by atoms with Crippen molar-refractivity contribution in [1.29, 1.82) is 0 Å². The van der Waals surface area contributed by atoms with E-state index in [0.29, 0.717) is 5.88 Å². The lowest BCUT2D eigenvalue weighted by Crippen LogP contribution is -1.78. The molecule has 62 valence electrons. The Bertz CT molecular complexity index is 353. The molecule has 0 amide bonds. The maximum atomic E-state index is 5.61. The number of alkyl halides is 1.